The Balaban J connectivity index is 2.14. The molecule has 20 heavy (non-hydrogen) atoms. The number of thiophene rings is 1. The van der Waals surface area contributed by atoms with Crippen molar-refractivity contribution in [2.45, 2.75) is 52.9 Å². The number of nitrogens with two attached hydrogens (primary N) is 1. The van der Waals surface area contributed by atoms with E-state index in [0.717, 1.165) is 34.7 Å². The predicted molar refractivity (Wildman–Crippen MR) is 85.0 cm³/mol. The highest BCUT2D eigenvalue weighted by molar-refractivity contribution is 7.19. The summed E-state index contributed by atoms with van der Waals surface area (Å²) in [5.41, 5.74) is 4.39. The molecule has 0 spiro atoms. The van der Waals surface area contributed by atoms with Crippen molar-refractivity contribution in [3.05, 3.63) is 16.3 Å². The van der Waals surface area contributed by atoms with Crippen molar-refractivity contribution in [2.24, 2.45) is 11.3 Å². The number of aryl methyl sites for hydroxylation is 2. The number of nitrogen functional groups attached to an aromatic ring is 1. The summed E-state index contributed by atoms with van der Waals surface area (Å²) in [6, 6.07) is 0. The summed E-state index contributed by atoms with van der Waals surface area (Å²) >= 11 is 1.82. The van der Waals surface area contributed by atoms with E-state index in [1.165, 1.54) is 29.7 Å². The third-order valence-corrected chi connectivity index (χ3v) is 4.87. The molecule has 108 valence electrons. The predicted octanol–water partition coefficient (Wildman–Crippen LogP) is 3.44. The van der Waals surface area contributed by atoms with Gasteiger partial charge in [0.25, 0.3) is 0 Å². The first-order chi connectivity index (χ1) is 9.48. The Morgan fingerprint density at radius 3 is 2.65 bits per heavy atom. The first kappa shape index (κ1) is 13.8. The fourth-order valence-corrected chi connectivity index (χ4v) is 4.14. The minimum atomic E-state index is 0.177. The van der Waals surface area contributed by atoms with Crippen LogP contribution in [0.5, 0.6) is 0 Å². The van der Waals surface area contributed by atoms with Gasteiger partial charge in [0.05, 0.1) is 5.39 Å². The molecule has 2 aromatic rings. The van der Waals surface area contributed by atoms with Gasteiger partial charge in [-0.1, -0.05) is 20.8 Å². The molecule has 3 rings (SSSR count). The molecule has 0 radical (unpaired) electrons. The molecule has 0 aliphatic heterocycles. The van der Waals surface area contributed by atoms with Crippen molar-refractivity contribution in [1.29, 1.82) is 0 Å². The molecule has 1 aliphatic carbocycles. The molecule has 2 aromatic heterocycles. The van der Waals surface area contributed by atoms with Crippen molar-refractivity contribution >= 4 is 27.4 Å². The molecular weight excluding hydrogens is 268 g/mol. The van der Waals surface area contributed by atoms with E-state index < -0.39 is 0 Å². The monoisotopic (exact) mass is 290 g/mol. The zero-order chi connectivity index (χ0) is 14.3. The van der Waals surface area contributed by atoms with E-state index in [1.54, 1.807) is 0 Å². The molecule has 2 heterocycles. The van der Waals surface area contributed by atoms with Crippen LogP contribution in [0.25, 0.3) is 10.2 Å². The Hall–Kier alpha value is -1.20. The van der Waals surface area contributed by atoms with Crippen LogP contribution in [0.2, 0.25) is 0 Å². The van der Waals surface area contributed by atoms with Gasteiger partial charge >= 0.3 is 0 Å². The lowest BCUT2D eigenvalue weighted by Crippen LogP contribution is -2.15. The Bertz CT molecular complexity index is 639. The normalized spacial score (nSPS) is 15.4. The van der Waals surface area contributed by atoms with Gasteiger partial charge in [0, 0.05) is 11.3 Å². The second-order valence-electron chi connectivity index (χ2n) is 6.76. The van der Waals surface area contributed by atoms with Crippen LogP contribution in [0.1, 0.15) is 49.9 Å². The Morgan fingerprint density at radius 2 is 1.95 bits per heavy atom. The highest BCUT2D eigenvalue weighted by Gasteiger charge is 2.22. The Labute approximate surface area is 123 Å². The van der Waals surface area contributed by atoms with Gasteiger partial charge in [-0.25, -0.2) is 15.8 Å². The fraction of sp³-hybridized carbons (Fsp3) is 0.600. The van der Waals surface area contributed by atoms with Gasteiger partial charge in [-0.3, -0.25) is 0 Å². The molecule has 5 heteroatoms. The summed E-state index contributed by atoms with van der Waals surface area (Å²) in [4.78, 5) is 12.0. The van der Waals surface area contributed by atoms with E-state index in [1.807, 2.05) is 11.3 Å². The van der Waals surface area contributed by atoms with Crippen molar-refractivity contribution in [2.75, 3.05) is 5.43 Å². The fourth-order valence-electron chi connectivity index (χ4n) is 2.86. The van der Waals surface area contributed by atoms with E-state index in [9.17, 15) is 0 Å². The third kappa shape index (κ3) is 2.52. The quantitative estimate of drug-likeness (QED) is 0.657. The van der Waals surface area contributed by atoms with E-state index >= 15 is 0 Å². The van der Waals surface area contributed by atoms with Crippen LogP contribution in [0, 0.1) is 5.41 Å². The van der Waals surface area contributed by atoms with Gasteiger partial charge in [-0.05, 0) is 36.7 Å². The second-order valence-corrected chi connectivity index (χ2v) is 7.84. The van der Waals surface area contributed by atoms with Crippen LogP contribution in [-0.2, 0) is 19.3 Å². The molecule has 1 aliphatic rings. The number of hydrogen-bond acceptors (Lipinski definition) is 5. The minimum absolute atomic E-state index is 0.177. The zero-order valence-corrected chi connectivity index (χ0v) is 13.2. The molecular formula is C15H22N4S. The summed E-state index contributed by atoms with van der Waals surface area (Å²) < 4.78 is 0. The average Bonchev–Trinajstić information content (AvgIpc) is 2.73. The average molecular weight is 290 g/mol. The Morgan fingerprint density at radius 1 is 1.20 bits per heavy atom. The highest BCUT2D eigenvalue weighted by Crippen LogP contribution is 2.38. The van der Waals surface area contributed by atoms with Crippen LogP contribution < -0.4 is 11.3 Å². The van der Waals surface area contributed by atoms with Crippen LogP contribution in [-0.4, -0.2) is 9.97 Å². The van der Waals surface area contributed by atoms with E-state index in [0.29, 0.717) is 0 Å². The largest absolute Gasteiger partial charge is 0.308 e. The van der Waals surface area contributed by atoms with Crippen molar-refractivity contribution in [3.63, 3.8) is 0 Å². The first-order valence-corrected chi connectivity index (χ1v) is 8.07. The number of fused-ring (bicyclic) bond motifs is 3. The minimum Gasteiger partial charge on any atom is -0.308 e. The number of rotatable bonds is 2. The van der Waals surface area contributed by atoms with Gasteiger partial charge in [-0.2, -0.15) is 0 Å². The topological polar surface area (TPSA) is 63.8 Å². The summed E-state index contributed by atoms with van der Waals surface area (Å²) in [6.45, 7) is 6.61. The number of hydrogen-bond donors (Lipinski definition) is 2. The maximum Gasteiger partial charge on any atom is 0.152 e. The molecule has 4 nitrogen and oxygen atoms in total. The maximum atomic E-state index is 5.71. The SMILES string of the molecule is CC(C)(C)Cc1nc(NN)c2c3c(sc2n1)CCCC3. The second kappa shape index (κ2) is 4.97. The van der Waals surface area contributed by atoms with Gasteiger partial charge in [0.1, 0.15) is 10.7 Å². The Kier molecular flexibility index (Phi) is 3.42. The summed E-state index contributed by atoms with van der Waals surface area (Å²) in [6.07, 6.45) is 5.71. The molecule has 0 saturated carbocycles. The molecule has 0 aromatic carbocycles. The number of nitrogens with one attached hydrogen (secondary N) is 1. The van der Waals surface area contributed by atoms with Gasteiger partial charge < -0.3 is 5.43 Å². The number of nitrogens with zero attached hydrogens (tertiary/aromatic N) is 2. The van der Waals surface area contributed by atoms with Crippen molar-refractivity contribution < 1.29 is 0 Å². The maximum absolute atomic E-state index is 5.71. The van der Waals surface area contributed by atoms with E-state index in [4.69, 9.17) is 10.8 Å². The van der Waals surface area contributed by atoms with Crippen molar-refractivity contribution in [3.8, 4) is 0 Å². The molecule has 3 N–H and O–H groups in total. The lowest BCUT2D eigenvalue weighted by atomic mass is 9.92. The van der Waals surface area contributed by atoms with Crippen LogP contribution >= 0.6 is 11.3 Å². The van der Waals surface area contributed by atoms with Crippen LogP contribution in [0.3, 0.4) is 0 Å². The van der Waals surface area contributed by atoms with Crippen LogP contribution in [0.15, 0.2) is 0 Å². The lowest BCUT2D eigenvalue weighted by Gasteiger charge is -2.17. The summed E-state index contributed by atoms with van der Waals surface area (Å²) in [5, 5.41) is 1.16. The third-order valence-electron chi connectivity index (χ3n) is 3.69. The highest BCUT2D eigenvalue weighted by atomic mass is 32.1. The molecule has 0 saturated heterocycles. The molecule has 0 unspecified atom stereocenters. The lowest BCUT2D eigenvalue weighted by molar-refractivity contribution is 0.401. The molecule has 0 atom stereocenters. The number of anilines is 1. The number of hydrazine groups is 1. The zero-order valence-electron chi connectivity index (χ0n) is 12.4. The van der Waals surface area contributed by atoms with Crippen LogP contribution in [0.4, 0.5) is 5.82 Å². The standard InChI is InChI=1S/C15H22N4S/c1-15(2,3)8-11-17-13(19-16)12-9-6-4-5-7-10(9)20-14(12)18-11/h4-8,16H2,1-3H3,(H,17,18,19). The summed E-state index contributed by atoms with van der Waals surface area (Å²) in [7, 11) is 0. The van der Waals surface area contributed by atoms with Gasteiger partial charge in [0.2, 0.25) is 0 Å². The van der Waals surface area contributed by atoms with Gasteiger partial charge in [0.15, 0.2) is 5.82 Å². The number of aromatic nitrogens is 2. The van der Waals surface area contributed by atoms with E-state index in [-0.39, 0.29) is 5.41 Å². The molecule has 0 bridgehead atoms. The summed E-state index contributed by atoms with van der Waals surface area (Å²) in [5.74, 6) is 7.39. The molecule has 0 amide bonds. The van der Waals surface area contributed by atoms with E-state index in [2.05, 4.69) is 31.2 Å². The van der Waals surface area contributed by atoms with Crippen molar-refractivity contribution in [1.82, 2.24) is 9.97 Å². The first-order valence-electron chi connectivity index (χ1n) is 7.26. The molecule has 0 fully saturated rings. The van der Waals surface area contributed by atoms with Gasteiger partial charge in [-0.15, -0.1) is 11.3 Å². The smallest absolute Gasteiger partial charge is 0.152 e.